The Kier molecular flexibility index (Phi) is 2.47. The zero-order valence-electron chi connectivity index (χ0n) is 8.35. The monoisotopic (exact) mass is 171 g/mol. The Labute approximate surface area is 74.9 Å². The van der Waals surface area contributed by atoms with Gasteiger partial charge in [-0.3, -0.25) is 0 Å². The van der Waals surface area contributed by atoms with E-state index >= 15 is 0 Å². The van der Waals surface area contributed by atoms with Crippen molar-refractivity contribution in [1.82, 2.24) is 5.32 Å². The van der Waals surface area contributed by atoms with Crippen LogP contribution in [0.3, 0.4) is 0 Å². The molecule has 3 unspecified atom stereocenters. The lowest BCUT2D eigenvalue weighted by Gasteiger charge is -2.48. The lowest BCUT2D eigenvalue weighted by Crippen LogP contribution is -2.73. The molecule has 5 N–H and O–H groups in total. The third-order valence-corrected chi connectivity index (χ3v) is 3.00. The summed E-state index contributed by atoms with van der Waals surface area (Å²) in [5.74, 6) is 0. The number of nitrogens with one attached hydrogen (secondary N) is 1. The molecule has 12 heavy (non-hydrogen) atoms. The molecule has 1 rings (SSSR count). The molecule has 1 aliphatic heterocycles. The average molecular weight is 171 g/mol. The molecule has 1 fully saturated rings. The second-order valence-electron chi connectivity index (χ2n) is 4.65. The Morgan fingerprint density at radius 3 is 2.50 bits per heavy atom. The summed E-state index contributed by atoms with van der Waals surface area (Å²) in [4.78, 5) is 0. The van der Waals surface area contributed by atoms with E-state index < -0.39 is 0 Å². The molecule has 3 nitrogen and oxygen atoms in total. The Bertz CT molecular complexity index is 163. The molecule has 0 aromatic carbocycles. The molecule has 1 aliphatic rings. The van der Waals surface area contributed by atoms with Crippen molar-refractivity contribution in [2.24, 2.45) is 11.5 Å². The van der Waals surface area contributed by atoms with E-state index in [-0.39, 0.29) is 11.1 Å². The maximum atomic E-state index is 6.05. The van der Waals surface area contributed by atoms with Crippen molar-refractivity contribution in [3.63, 3.8) is 0 Å². The summed E-state index contributed by atoms with van der Waals surface area (Å²) in [5.41, 5.74) is 11.9. The molecule has 1 heterocycles. The first-order valence-corrected chi connectivity index (χ1v) is 4.68. The molecule has 1 saturated heterocycles. The number of nitrogens with two attached hydrogens (primary N) is 2. The Morgan fingerprint density at radius 2 is 2.25 bits per heavy atom. The largest absolute Gasteiger partial charge is 0.325 e. The van der Waals surface area contributed by atoms with Gasteiger partial charge in [0.25, 0.3) is 0 Å². The topological polar surface area (TPSA) is 64.1 Å². The van der Waals surface area contributed by atoms with Gasteiger partial charge >= 0.3 is 0 Å². The molecule has 0 aromatic heterocycles. The maximum absolute atomic E-state index is 6.05. The lowest BCUT2D eigenvalue weighted by molar-refractivity contribution is 0.160. The van der Waals surface area contributed by atoms with Crippen LogP contribution in [0.1, 0.15) is 33.6 Å². The van der Waals surface area contributed by atoms with Gasteiger partial charge in [-0.15, -0.1) is 0 Å². The van der Waals surface area contributed by atoms with Crippen LogP contribution in [0.4, 0.5) is 0 Å². The van der Waals surface area contributed by atoms with Gasteiger partial charge in [0.15, 0.2) is 0 Å². The molecule has 0 aliphatic carbocycles. The summed E-state index contributed by atoms with van der Waals surface area (Å²) in [5, 5.41) is 3.32. The molecule has 0 spiro atoms. The molecular weight excluding hydrogens is 150 g/mol. The van der Waals surface area contributed by atoms with Gasteiger partial charge in [-0.2, -0.15) is 0 Å². The molecule has 0 saturated carbocycles. The molecule has 0 radical (unpaired) electrons. The van der Waals surface area contributed by atoms with Crippen molar-refractivity contribution < 1.29 is 0 Å². The fourth-order valence-electron chi connectivity index (χ4n) is 1.48. The van der Waals surface area contributed by atoms with Crippen LogP contribution >= 0.6 is 0 Å². The standard InChI is InChI=1S/C9H21N3/c1-4-8(2,10)5-7-9(3,11)6-12-7/h7,12H,4-6,10-11H2,1-3H3. The minimum Gasteiger partial charge on any atom is -0.325 e. The highest BCUT2D eigenvalue weighted by molar-refractivity contribution is 5.06. The van der Waals surface area contributed by atoms with Crippen molar-refractivity contribution in [3.05, 3.63) is 0 Å². The van der Waals surface area contributed by atoms with Crippen LogP contribution in [-0.4, -0.2) is 23.7 Å². The minimum absolute atomic E-state index is 0.0458. The predicted octanol–water partition coefficient (Wildman–Crippen LogP) is 0.193. The summed E-state index contributed by atoms with van der Waals surface area (Å²) in [6.45, 7) is 7.20. The quantitative estimate of drug-likeness (QED) is 0.568. The average Bonchev–Trinajstić information content (AvgIpc) is 1.99. The fraction of sp³-hybridized carbons (Fsp3) is 1.00. The smallest absolute Gasteiger partial charge is 0.0408 e. The maximum Gasteiger partial charge on any atom is 0.0408 e. The van der Waals surface area contributed by atoms with Gasteiger partial charge in [-0.05, 0) is 26.7 Å². The fourth-order valence-corrected chi connectivity index (χ4v) is 1.48. The van der Waals surface area contributed by atoms with Crippen molar-refractivity contribution in [2.75, 3.05) is 6.54 Å². The van der Waals surface area contributed by atoms with Gasteiger partial charge in [0.05, 0.1) is 0 Å². The van der Waals surface area contributed by atoms with Crippen LogP contribution in [0.2, 0.25) is 0 Å². The first-order chi connectivity index (χ1) is 5.37. The summed E-state index contributed by atoms with van der Waals surface area (Å²) in [6, 6.07) is 0.396. The van der Waals surface area contributed by atoms with E-state index in [0.717, 1.165) is 19.4 Å². The van der Waals surface area contributed by atoms with Crippen molar-refractivity contribution >= 4 is 0 Å². The van der Waals surface area contributed by atoms with Crippen molar-refractivity contribution in [1.29, 1.82) is 0 Å². The first-order valence-electron chi connectivity index (χ1n) is 4.68. The summed E-state index contributed by atoms with van der Waals surface area (Å²) in [7, 11) is 0. The molecule has 3 atom stereocenters. The Morgan fingerprint density at radius 1 is 1.67 bits per heavy atom. The second kappa shape index (κ2) is 2.98. The van der Waals surface area contributed by atoms with Crippen molar-refractivity contribution in [2.45, 2.75) is 50.7 Å². The van der Waals surface area contributed by atoms with Crippen LogP contribution in [-0.2, 0) is 0 Å². The SMILES string of the molecule is CCC(C)(N)CC1NCC1(C)N. The highest BCUT2D eigenvalue weighted by Gasteiger charge is 2.41. The second-order valence-corrected chi connectivity index (χ2v) is 4.65. The number of hydrogen-bond donors (Lipinski definition) is 3. The van der Waals surface area contributed by atoms with Crippen LogP contribution < -0.4 is 16.8 Å². The number of rotatable bonds is 3. The predicted molar refractivity (Wildman–Crippen MR) is 51.9 cm³/mol. The third kappa shape index (κ3) is 1.97. The summed E-state index contributed by atoms with van der Waals surface area (Å²) < 4.78 is 0. The van der Waals surface area contributed by atoms with Crippen LogP contribution in [0, 0.1) is 0 Å². The lowest BCUT2D eigenvalue weighted by atomic mass is 9.77. The molecule has 72 valence electrons. The normalized spacial score (nSPS) is 40.2. The van der Waals surface area contributed by atoms with Crippen molar-refractivity contribution in [3.8, 4) is 0 Å². The minimum atomic E-state index is -0.0707. The van der Waals surface area contributed by atoms with Gasteiger partial charge in [-0.25, -0.2) is 0 Å². The van der Waals surface area contributed by atoms with Crippen LogP contribution in [0.5, 0.6) is 0 Å². The van der Waals surface area contributed by atoms with Gasteiger partial charge in [0.2, 0.25) is 0 Å². The number of hydrogen-bond acceptors (Lipinski definition) is 3. The van der Waals surface area contributed by atoms with Gasteiger partial charge in [0.1, 0.15) is 0 Å². The molecule has 3 heteroatoms. The highest BCUT2D eigenvalue weighted by Crippen LogP contribution is 2.24. The van der Waals surface area contributed by atoms with Gasteiger partial charge < -0.3 is 16.8 Å². The zero-order chi connectivity index (χ0) is 9.41. The Hall–Kier alpha value is -0.120. The van der Waals surface area contributed by atoms with E-state index in [9.17, 15) is 0 Å². The van der Waals surface area contributed by atoms with E-state index in [4.69, 9.17) is 11.5 Å². The van der Waals surface area contributed by atoms with Crippen LogP contribution in [0.15, 0.2) is 0 Å². The molecule has 0 amide bonds. The van der Waals surface area contributed by atoms with E-state index in [1.165, 1.54) is 0 Å². The van der Waals surface area contributed by atoms with Crippen LogP contribution in [0.25, 0.3) is 0 Å². The van der Waals surface area contributed by atoms with E-state index in [2.05, 4.69) is 26.1 Å². The molecule has 0 bridgehead atoms. The van der Waals surface area contributed by atoms with Gasteiger partial charge in [0, 0.05) is 23.7 Å². The van der Waals surface area contributed by atoms with E-state index in [0.29, 0.717) is 6.04 Å². The van der Waals surface area contributed by atoms with Gasteiger partial charge in [-0.1, -0.05) is 6.92 Å². The van der Waals surface area contributed by atoms with E-state index in [1.54, 1.807) is 0 Å². The Balaban J connectivity index is 2.42. The first kappa shape index (κ1) is 9.96. The van der Waals surface area contributed by atoms with E-state index in [1.807, 2.05) is 0 Å². The molecular formula is C9H21N3. The highest BCUT2D eigenvalue weighted by atomic mass is 15.1. The molecule has 0 aromatic rings. The summed E-state index contributed by atoms with van der Waals surface area (Å²) >= 11 is 0. The zero-order valence-corrected chi connectivity index (χ0v) is 8.35. The summed E-state index contributed by atoms with van der Waals surface area (Å²) in [6.07, 6.45) is 1.97. The third-order valence-electron chi connectivity index (χ3n) is 3.00.